The highest BCUT2D eigenvalue weighted by Crippen LogP contribution is 2.38. The lowest BCUT2D eigenvalue weighted by Gasteiger charge is -2.20. The lowest BCUT2D eigenvalue weighted by Crippen LogP contribution is -2.30. The molecule has 0 spiro atoms. The van der Waals surface area contributed by atoms with Gasteiger partial charge in [-0.1, -0.05) is 18.2 Å². The van der Waals surface area contributed by atoms with Crippen molar-refractivity contribution >= 4 is 0 Å². The van der Waals surface area contributed by atoms with E-state index in [-0.39, 0.29) is 0 Å². The molecule has 0 bridgehead atoms. The Morgan fingerprint density at radius 2 is 1.50 bits per heavy atom. The van der Waals surface area contributed by atoms with Crippen molar-refractivity contribution < 1.29 is 22.0 Å². The van der Waals surface area contributed by atoms with Gasteiger partial charge in [-0.25, -0.2) is 0 Å². The van der Waals surface area contributed by atoms with E-state index in [0.717, 1.165) is 18.2 Å². The van der Waals surface area contributed by atoms with Gasteiger partial charge in [0.1, 0.15) is 0 Å². The molecule has 1 aromatic carbocycles. The number of rotatable bonds is 3. The first kappa shape index (κ1) is 12.9. The standard InChI is InChI=1S/C10H10F5N/c1-16-6-9(11,12)7-4-2-3-5-8(7)10(13,14)15/h2-5,16H,6H2,1H3. The zero-order valence-corrected chi connectivity index (χ0v) is 8.41. The Morgan fingerprint density at radius 3 is 1.94 bits per heavy atom. The molecule has 0 amide bonds. The molecule has 0 unspecified atom stereocenters. The van der Waals surface area contributed by atoms with Gasteiger partial charge in [-0.15, -0.1) is 0 Å². The zero-order chi connectivity index (χ0) is 12.4. The largest absolute Gasteiger partial charge is 0.416 e. The number of likely N-dealkylation sites (N-methyl/N-ethyl adjacent to an activating group) is 1. The molecule has 0 saturated carbocycles. The molecule has 0 aromatic heterocycles. The first-order valence-electron chi connectivity index (χ1n) is 4.48. The van der Waals surface area contributed by atoms with E-state index in [1.807, 2.05) is 0 Å². The Kier molecular flexibility index (Phi) is 3.52. The van der Waals surface area contributed by atoms with Gasteiger partial charge in [0.25, 0.3) is 5.92 Å². The first-order chi connectivity index (χ1) is 7.29. The summed E-state index contributed by atoms with van der Waals surface area (Å²) < 4.78 is 64.2. The fourth-order valence-electron chi connectivity index (χ4n) is 1.37. The number of hydrogen-bond donors (Lipinski definition) is 1. The molecule has 1 aromatic rings. The summed E-state index contributed by atoms with van der Waals surface area (Å²) in [6, 6.07) is 3.69. The maximum atomic E-state index is 13.4. The van der Waals surface area contributed by atoms with Gasteiger partial charge >= 0.3 is 6.18 Å². The van der Waals surface area contributed by atoms with Crippen LogP contribution in [0.3, 0.4) is 0 Å². The van der Waals surface area contributed by atoms with Crippen molar-refractivity contribution in [1.82, 2.24) is 5.32 Å². The minimum absolute atomic E-state index is 0.652. The lowest BCUT2D eigenvalue weighted by atomic mass is 10.0. The molecule has 0 saturated heterocycles. The topological polar surface area (TPSA) is 12.0 Å². The summed E-state index contributed by atoms with van der Waals surface area (Å²) in [6.07, 6.45) is -4.77. The van der Waals surface area contributed by atoms with Crippen molar-refractivity contribution in [1.29, 1.82) is 0 Å². The average Bonchev–Trinajstić information content (AvgIpc) is 2.16. The molecule has 6 heteroatoms. The molecule has 1 nitrogen and oxygen atoms in total. The second-order valence-corrected chi connectivity index (χ2v) is 3.28. The smallest absolute Gasteiger partial charge is 0.314 e. The molecule has 0 radical (unpaired) electrons. The second kappa shape index (κ2) is 4.37. The third kappa shape index (κ3) is 2.69. The number of benzene rings is 1. The molecular weight excluding hydrogens is 229 g/mol. The van der Waals surface area contributed by atoms with Crippen molar-refractivity contribution in [2.75, 3.05) is 13.6 Å². The minimum atomic E-state index is -4.77. The highest BCUT2D eigenvalue weighted by atomic mass is 19.4. The Bertz CT molecular complexity index is 358. The Labute approximate surface area is 89.3 Å². The predicted octanol–water partition coefficient (Wildman–Crippen LogP) is 3.02. The summed E-state index contributed by atoms with van der Waals surface area (Å²) in [4.78, 5) is 0. The maximum absolute atomic E-state index is 13.4. The Balaban J connectivity index is 3.23. The van der Waals surface area contributed by atoms with Gasteiger partial charge < -0.3 is 5.32 Å². The molecule has 0 aliphatic rings. The summed E-state index contributed by atoms with van der Waals surface area (Å²) in [5, 5.41) is 2.17. The van der Waals surface area contributed by atoms with Crippen LogP contribution in [0.5, 0.6) is 0 Å². The fourth-order valence-corrected chi connectivity index (χ4v) is 1.37. The third-order valence-electron chi connectivity index (χ3n) is 2.03. The second-order valence-electron chi connectivity index (χ2n) is 3.28. The van der Waals surface area contributed by atoms with E-state index in [4.69, 9.17) is 0 Å². The number of alkyl halides is 5. The van der Waals surface area contributed by atoms with Gasteiger partial charge in [-0.3, -0.25) is 0 Å². The van der Waals surface area contributed by atoms with Crippen LogP contribution in [0.1, 0.15) is 11.1 Å². The van der Waals surface area contributed by atoms with E-state index < -0.39 is 29.8 Å². The molecule has 90 valence electrons. The van der Waals surface area contributed by atoms with Gasteiger partial charge in [0.05, 0.1) is 12.1 Å². The molecule has 0 aliphatic heterocycles. The monoisotopic (exact) mass is 239 g/mol. The zero-order valence-electron chi connectivity index (χ0n) is 8.41. The van der Waals surface area contributed by atoms with Crippen molar-refractivity contribution in [2.45, 2.75) is 12.1 Å². The fraction of sp³-hybridized carbons (Fsp3) is 0.400. The van der Waals surface area contributed by atoms with E-state index in [1.54, 1.807) is 0 Å². The van der Waals surface area contributed by atoms with Gasteiger partial charge in [0.15, 0.2) is 0 Å². The van der Waals surface area contributed by atoms with Crippen molar-refractivity contribution in [3.8, 4) is 0 Å². The summed E-state index contributed by atoms with van der Waals surface area (Å²) in [5.41, 5.74) is -2.30. The van der Waals surface area contributed by atoms with Crippen LogP contribution in [0.4, 0.5) is 22.0 Å². The maximum Gasteiger partial charge on any atom is 0.416 e. The van der Waals surface area contributed by atoms with Crippen LogP contribution in [0.2, 0.25) is 0 Å². The molecule has 1 N–H and O–H groups in total. The predicted molar refractivity (Wildman–Crippen MR) is 49.3 cm³/mol. The van der Waals surface area contributed by atoms with E-state index in [9.17, 15) is 22.0 Å². The number of nitrogens with one attached hydrogen (secondary N) is 1. The van der Waals surface area contributed by atoms with Crippen LogP contribution in [-0.4, -0.2) is 13.6 Å². The molecule has 0 heterocycles. The highest BCUT2D eigenvalue weighted by molar-refractivity contribution is 5.33. The van der Waals surface area contributed by atoms with Crippen LogP contribution >= 0.6 is 0 Å². The van der Waals surface area contributed by atoms with Gasteiger partial charge in [0, 0.05) is 5.56 Å². The van der Waals surface area contributed by atoms with Crippen LogP contribution in [-0.2, 0) is 12.1 Å². The van der Waals surface area contributed by atoms with Crippen LogP contribution in [0.15, 0.2) is 24.3 Å². The highest BCUT2D eigenvalue weighted by Gasteiger charge is 2.41. The van der Waals surface area contributed by atoms with Crippen LogP contribution < -0.4 is 5.32 Å². The summed E-state index contributed by atoms with van der Waals surface area (Å²) in [7, 11) is 1.25. The van der Waals surface area contributed by atoms with E-state index >= 15 is 0 Å². The minimum Gasteiger partial charge on any atom is -0.314 e. The van der Waals surface area contributed by atoms with E-state index in [1.165, 1.54) is 7.05 Å². The lowest BCUT2D eigenvalue weighted by molar-refractivity contribution is -0.141. The summed E-state index contributed by atoms with van der Waals surface area (Å²) in [5.74, 6) is -3.54. The third-order valence-corrected chi connectivity index (χ3v) is 2.03. The summed E-state index contributed by atoms with van der Waals surface area (Å²) >= 11 is 0. The number of hydrogen-bond acceptors (Lipinski definition) is 1. The van der Waals surface area contributed by atoms with Crippen molar-refractivity contribution in [3.05, 3.63) is 35.4 Å². The molecule has 16 heavy (non-hydrogen) atoms. The van der Waals surface area contributed by atoms with E-state index in [2.05, 4.69) is 5.32 Å². The molecule has 0 fully saturated rings. The molecule has 0 aliphatic carbocycles. The van der Waals surface area contributed by atoms with Gasteiger partial charge in [0.2, 0.25) is 0 Å². The molecular formula is C10H10F5N. The van der Waals surface area contributed by atoms with E-state index in [0.29, 0.717) is 6.07 Å². The first-order valence-corrected chi connectivity index (χ1v) is 4.48. The summed E-state index contributed by atoms with van der Waals surface area (Å²) in [6.45, 7) is -0.833. The quantitative estimate of drug-likeness (QED) is 0.799. The van der Waals surface area contributed by atoms with Gasteiger partial charge in [-0.2, -0.15) is 22.0 Å². The van der Waals surface area contributed by atoms with Crippen LogP contribution in [0.25, 0.3) is 0 Å². The number of halogens is 5. The molecule has 0 atom stereocenters. The molecule has 1 rings (SSSR count). The Hall–Kier alpha value is -1.17. The van der Waals surface area contributed by atoms with Crippen molar-refractivity contribution in [2.24, 2.45) is 0 Å². The SMILES string of the molecule is CNCC(F)(F)c1ccccc1C(F)(F)F. The van der Waals surface area contributed by atoms with Crippen LogP contribution in [0, 0.1) is 0 Å². The normalized spacial score (nSPS) is 12.9. The Morgan fingerprint density at radius 1 is 1.00 bits per heavy atom. The van der Waals surface area contributed by atoms with Crippen molar-refractivity contribution in [3.63, 3.8) is 0 Å². The van der Waals surface area contributed by atoms with Gasteiger partial charge in [-0.05, 0) is 13.1 Å². The average molecular weight is 239 g/mol.